The van der Waals surface area contributed by atoms with E-state index in [1.807, 2.05) is 17.5 Å². The van der Waals surface area contributed by atoms with Gasteiger partial charge in [0, 0.05) is 11.4 Å². The summed E-state index contributed by atoms with van der Waals surface area (Å²) in [6, 6.07) is 11.5. The molecule has 2 rings (SSSR count). The van der Waals surface area contributed by atoms with E-state index in [9.17, 15) is 26.4 Å². The van der Waals surface area contributed by atoms with Gasteiger partial charge in [-0.1, -0.05) is 36.4 Å². The van der Waals surface area contributed by atoms with Gasteiger partial charge in [0.1, 0.15) is 5.76 Å². The fourth-order valence-electron chi connectivity index (χ4n) is 2.19. The van der Waals surface area contributed by atoms with Crippen LogP contribution in [0.1, 0.15) is 17.4 Å². The van der Waals surface area contributed by atoms with Gasteiger partial charge >= 0.3 is 15.6 Å². The van der Waals surface area contributed by atoms with Crippen molar-refractivity contribution in [3.63, 3.8) is 0 Å². The molecule has 0 bridgehead atoms. The van der Waals surface area contributed by atoms with Crippen LogP contribution in [0.5, 0.6) is 0 Å². The molecule has 0 radical (unpaired) electrons. The van der Waals surface area contributed by atoms with Crippen LogP contribution in [0.2, 0.25) is 0 Å². The summed E-state index contributed by atoms with van der Waals surface area (Å²) in [5, 5.41) is 4.46. The van der Waals surface area contributed by atoms with Crippen molar-refractivity contribution in [3.8, 4) is 0 Å². The molecular formula is C17H16F3NO4S2. The number of thiophene rings is 1. The number of rotatable bonds is 7. The Balaban J connectivity index is 2.26. The Morgan fingerprint density at radius 2 is 1.81 bits per heavy atom. The third kappa shape index (κ3) is 5.57. The zero-order chi connectivity index (χ0) is 20.1. The normalized spacial score (nSPS) is 13.0. The molecule has 0 aliphatic heterocycles. The second-order valence-electron chi connectivity index (χ2n) is 5.37. The van der Waals surface area contributed by atoms with Crippen molar-refractivity contribution in [3.05, 3.63) is 64.0 Å². The number of allylic oxidation sites excluding steroid dienone is 1. The van der Waals surface area contributed by atoms with Crippen molar-refractivity contribution in [1.29, 1.82) is 0 Å². The fraction of sp³-hybridized carbons (Fsp3) is 0.235. The van der Waals surface area contributed by atoms with Crippen LogP contribution in [-0.2, 0) is 25.5 Å². The highest BCUT2D eigenvalue weighted by Gasteiger charge is 2.48. The van der Waals surface area contributed by atoms with E-state index in [2.05, 4.69) is 9.50 Å². The first-order valence-corrected chi connectivity index (χ1v) is 9.98. The van der Waals surface area contributed by atoms with E-state index < -0.39 is 27.3 Å². The van der Waals surface area contributed by atoms with E-state index in [0.29, 0.717) is 6.42 Å². The molecule has 146 valence electrons. The van der Waals surface area contributed by atoms with E-state index in [0.717, 1.165) is 11.8 Å². The molecule has 1 aromatic carbocycles. The second kappa shape index (κ2) is 8.57. The average Bonchev–Trinajstić information content (AvgIpc) is 3.08. The van der Waals surface area contributed by atoms with E-state index in [1.54, 1.807) is 18.2 Å². The number of carbonyl (C=O) groups is 1. The molecule has 10 heteroatoms. The quantitative estimate of drug-likeness (QED) is 0.321. The predicted molar refractivity (Wildman–Crippen MR) is 96.1 cm³/mol. The summed E-state index contributed by atoms with van der Waals surface area (Å²) < 4.78 is 64.5. The minimum Gasteiger partial charge on any atom is -0.380 e. The number of halogens is 3. The van der Waals surface area contributed by atoms with Crippen LogP contribution in [0, 0.1) is 0 Å². The molecule has 1 heterocycles. The molecule has 0 unspecified atom stereocenters. The Morgan fingerprint density at radius 1 is 1.15 bits per heavy atom. The van der Waals surface area contributed by atoms with Gasteiger partial charge in [0.05, 0.1) is 5.57 Å². The third-order valence-corrected chi connectivity index (χ3v) is 5.37. The number of alkyl halides is 3. The highest BCUT2D eigenvalue weighted by molar-refractivity contribution is 7.87. The number of hydrogen-bond acceptors (Lipinski definition) is 5. The molecule has 0 saturated heterocycles. The maximum Gasteiger partial charge on any atom is 0.534 e. The van der Waals surface area contributed by atoms with Crippen LogP contribution < -0.4 is 5.32 Å². The number of amides is 1. The first kappa shape index (κ1) is 21.0. The molecule has 1 aromatic heterocycles. The molecule has 0 aliphatic carbocycles. The lowest BCUT2D eigenvalue weighted by atomic mass is 10.0. The van der Waals surface area contributed by atoms with Gasteiger partial charge in [-0.25, -0.2) is 0 Å². The van der Waals surface area contributed by atoms with Crippen LogP contribution in [0.15, 0.2) is 53.6 Å². The lowest BCUT2D eigenvalue weighted by molar-refractivity contribution is -0.115. The maximum absolute atomic E-state index is 12.6. The molecular weight excluding hydrogens is 403 g/mol. The summed E-state index contributed by atoms with van der Waals surface area (Å²) in [5.41, 5.74) is -5.64. The highest BCUT2D eigenvalue weighted by Crippen LogP contribution is 2.29. The van der Waals surface area contributed by atoms with Crippen molar-refractivity contribution < 1.29 is 30.6 Å². The summed E-state index contributed by atoms with van der Waals surface area (Å²) in [5.74, 6) is -1.39. The summed E-state index contributed by atoms with van der Waals surface area (Å²) in [4.78, 5) is 13.5. The lowest BCUT2D eigenvalue weighted by Gasteiger charge is -2.15. The SMILES string of the molecule is C/C(OS(=O)(=O)C(F)(F)F)=C(/C(=O)NCCc1cccs1)c1ccccc1. The Hall–Kier alpha value is -2.33. The Labute approximate surface area is 158 Å². The average molecular weight is 419 g/mol. The monoisotopic (exact) mass is 419 g/mol. The van der Waals surface area contributed by atoms with Crippen molar-refractivity contribution in [2.75, 3.05) is 6.54 Å². The summed E-state index contributed by atoms with van der Waals surface area (Å²) in [7, 11) is -5.88. The number of benzene rings is 1. The summed E-state index contributed by atoms with van der Waals surface area (Å²) in [6.07, 6.45) is 0.534. The van der Waals surface area contributed by atoms with Crippen LogP contribution in [0.3, 0.4) is 0 Å². The van der Waals surface area contributed by atoms with E-state index in [1.165, 1.54) is 23.5 Å². The van der Waals surface area contributed by atoms with Crippen LogP contribution in [0.4, 0.5) is 13.2 Å². The minimum atomic E-state index is -5.88. The molecule has 0 saturated carbocycles. The first-order valence-electron chi connectivity index (χ1n) is 7.69. The minimum absolute atomic E-state index is 0.231. The smallest absolute Gasteiger partial charge is 0.380 e. The van der Waals surface area contributed by atoms with Gasteiger partial charge in [-0.15, -0.1) is 11.3 Å². The fourth-order valence-corrected chi connectivity index (χ4v) is 3.41. The summed E-state index contributed by atoms with van der Waals surface area (Å²) >= 11 is 1.50. The Bertz CT molecular complexity index is 905. The molecule has 1 amide bonds. The molecule has 2 aromatic rings. The van der Waals surface area contributed by atoms with Gasteiger partial charge in [-0.05, 0) is 30.4 Å². The molecule has 0 fully saturated rings. The van der Waals surface area contributed by atoms with Gasteiger partial charge < -0.3 is 9.50 Å². The number of carbonyl (C=O) groups excluding carboxylic acids is 1. The topological polar surface area (TPSA) is 72.5 Å². The molecule has 0 aliphatic rings. The van der Waals surface area contributed by atoms with Crippen molar-refractivity contribution in [1.82, 2.24) is 5.32 Å². The van der Waals surface area contributed by atoms with Crippen molar-refractivity contribution in [2.24, 2.45) is 0 Å². The van der Waals surface area contributed by atoms with Crippen LogP contribution in [0.25, 0.3) is 5.57 Å². The van der Waals surface area contributed by atoms with E-state index in [-0.39, 0.29) is 17.7 Å². The van der Waals surface area contributed by atoms with Gasteiger partial charge in [-0.2, -0.15) is 21.6 Å². The predicted octanol–water partition coefficient (Wildman–Crippen LogP) is 3.70. The summed E-state index contributed by atoms with van der Waals surface area (Å²) in [6.45, 7) is 1.24. The largest absolute Gasteiger partial charge is 0.534 e. The van der Waals surface area contributed by atoms with Crippen LogP contribution >= 0.6 is 11.3 Å². The molecule has 27 heavy (non-hydrogen) atoms. The zero-order valence-electron chi connectivity index (χ0n) is 14.1. The van der Waals surface area contributed by atoms with Gasteiger partial charge in [-0.3, -0.25) is 4.79 Å². The molecule has 0 spiro atoms. The van der Waals surface area contributed by atoms with Gasteiger partial charge in [0.25, 0.3) is 5.91 Å². The molecule has 0 atom stereocenters. The van der Waals surface area contributed by atoms with Gasteiger partial charge in [0.2, 0.25) is 0 Å². The number of nitrogens with one attached hydrogen (secondary N) is 1. The van der Waals surface area contributed by atoms with Crippen molar-refractivity contribution >= 4 is 32.9 Å². The van der Waals surface area contributed by atoms with E-state index in [4.69, 9.17) is 0 Å². The third-order valence-electron chi connectivity index (χ3n) is 3.40. The molecule has 5 nitrogen and oxygen atoms in total. The van der Waals surface area contributed by atoms with Gasteiger partial charge in [0.15, 0.2) is 0 Å². The first-order chi connectivity index (χ1) is 12.6. The standard InChI is InChI=1S/C17H16F3NO4S2/c1-12(25-27(23,24)17(18,19)20)15(13-6-3-2-4-7-13)16(22)21-10-9-14-8-5-11-26-14/h2-8,11H,9-10H2,1H3,(H,21,22)/b15-12-. The zero-order valence-corrected chi connectivity index (χ0v) is 15.7. The van der Waals surface area contributed by atoms with Crippen LogP contribution in [-0.4, -0.2) is 26.4 Å². The Kier molecular flexibility index (Phi) is 6.66. The maximum atomic E-state index is 12.6. The van der Waals surface area contributed by atoms with Crippen molar-refractivity contribution in [2.45, 2.75) is 18.9 Å². The highest BCUT2D eigenvalue weighted by atomic mass is 32.2. The Morgan fingerprint density at radius 3 is 2.37 bits per heavy atom. The molecule has 1 N–H and O–H groups in total. The second-order valence-corrected chi connectivity index (χ2v) is 7.94. The van der Waals surface area contributed by atoms with E-state index >= 15 is 0 Å². The number of hydrogen-bond donors (Lipinski definition) is 1. The lowest BCUT2D eigenvalue weighted by Crippen LogP contribution is -2.29.